The van der Waals surface area contributed by atoms with Gasteiger partial charge in [0.1, 0.15) is 17.6 Å². The van der Waals surface area contributed by atoms with Crippen LogP contribution >= 0.6 is 0 Å². The zero-order chi connectivity index (χ0) is 12.0. The van der Waals surface area contributed by atoms with Gasteiger partial charge < -0.3 is 9.47 Å². The second-order valence-corrected chi connectivity index (χ2v) is 2.93. The Morgan fingerprint density at radius 1 is 1.56 bits per heavy atom. The van der Waals surface area contributed by atoms with Crippen molar-refractivity contribution in [3.05, 3.63) is 29.6 Å². The predicted octanol–water partition coefficient (Wildman–Crippen LogP) is 1.64. The van der Waals surface area contributed by atoms with Crippen LogP contribution in [0.25, 0.3) is 0 Å². The quantitative estimate of drug-likeness (QED) is 0.728. The molecular weight excluding hydrogens is 213 g/mol. The van der Waals surface area contributed by atoms with Gasteiger partial charge in [0.2, 0.25) is 0 Å². The monoisotopic (exact) mass is 223 g/mol. The molecule has 84 valence electrons. The van der Waals surface area contributed by atoms with Crippen molar-refractivity contribution in [1.82, 2.24) is 0 Å². The van der Waals surface area contributed by atoms with Crippen molar-refractivity contribution < 1.29 is 18.7 Å². The first-order chi connectivity index (χ1) is 7.67. The van der Waals surface area contributed by atoms with Gasteiger partial charge in [0.05, 0.1) is 25.7 Å². The Bertz CT molecular complexity index is 426. The van der Waals surface area contributed by atoms with E-state index in [1.54, 1.807) is 0 Å². The van der Waals surface area contributed by atoms with Crippen molar-refractivity contribution in [2.75, 3.05) is 13.7 Å². The zero-order valence-electron chi connectivity index (χ0n) is 8.70. The second-order valence-electron chi connectivity index (χ2n) is 2.93. The summed E-state index contributed by atoms with van der Waals surface area (Å²) < 4.78 is 22.3. The molecule has 0 aliphatic carbocycles. The Labute approximate surface area is 92.2 Å². The maximum absolute atomic E-state index is 12.8. The number of nitriles is 1. The molecule has 1 aromatic carbocycles. The molecule has 0 unspecified atom stereocenters. The van der Waals surface area contributed by atoms with E-state index >= 15 is 0 Å². The minimum absolute atomic E-state index is 0.0821. The Kier molecular flexibility index (Phi) is 4.28. The van der Waals surface area contributed by atoms with Crippen LogP contribution in [0.5, 0.6) is 5.75 Å². The largest absolute Gasteiger partial charge is 0.492 e. The van der Waals surface area contributed by atoms with Gasteiger partial charge in [-0.1, -0.05) is 0 Å². The molecule has 0 atom stereocenters. The maximum atomic E-state index is 12.8. The molecule has 1 rings (SSSR count). The lowest BCUT2D eigenvalue weighted by Crippen LogP contribution is -2.08. The highest BCUT2D eigenvalue weighted by atomic mass is 19.1. The summed E-state index contributed by atoms with van der Waals surface area (Å²) in [6.45, 7) is 0.0903. The van der Waals surface area contributed by atoms with Crippen molar-refractivity contribution >= 4 is 5.97 Å². The predicted molar refractivity (Wildman–Crippen MR) is 53.2 cm³/mol. The fourth-order valence-corrected chi connectivity index (χ4v) is 1.06. The number of rotatable bonds is 4. The molecule has 0 aliphatic heterocycles. The van der Waals surface area contributed by atoms with E-state index < -0.39 is 11.8 Å². The minimum atomic E-state index is -0.503. The molecule has 0 amide bonds. The van der Waals surface area contributed by atoms with Crippen molar-refractivity contribution in [2.45, 2.75) is 6.42 Å². The van der Waals surface area contributed by atoms with Gasteiger partial charge in [0.25, 0.3) is 0 Å². The number of carbonyl (C=O) groups is 1. The second kappa shape index (κ2) is 5.71. The average Bonchev–Trinajstić information content (AvgIpc) is 2.30. The Morgan fingerprint density at radius 2 is 2.31 bits per heavy atom. The zero-order valence-corrected chi connectivity index (χ0v) is 8.70. The van der Waals surface area contributed by atoms with E-state index in [1.807, 2.05) is 6.07 Å². The molecule has 0 aromatic heterocycles. The molecular formula is C11H10FNO3. The fourth-order valence-electron chi connectivity index (χ4n) is 1.06. The van der Waals surface area contributed by atoms with E-state index in [9.17, 15) is 9.18 Å². The molecule has 0 heterocycles. The maximum Gasteiger partial charge on any atom is 0.308 e. The van der Waals surface area contributed by atoms with E-state index in [-0.39, 0.29) is 24.3 Å². The highest BCUT2D eigenvalue weighted by molar-refractivity contribution is 5.69. The van der Waals surface area contributed by atoms with Gasteiger partial charge in [-0.15, -0.1) is 0 Å². The summed E-state index contributed by atoms with van der Waals surface area (Å²) in [6, 6.07) is 5.43. The Balaban J connectivity index is 2.61. The van der Waals surface area contributed by atoms with Crippen molar-refractivity contribution in [3.63, 3.8) is 0 Å². The normalized spacial score (nSPS) is 9.31. The van der Waals surface area contributed by atoms with Gasteiger partial charge >= 0.3 is 5.97 Å². The number of esters is 1. The van der Waals surface area contributed by atoms with Crippen molar-refractivity contribution in [1.29, 1.82) is 5.26 Å². The SMILES string of the molecule is COC(=O)CCOc1ccc(F)cc1C#N. The fraction of sp³-hybridized carbons (Fsp3) is 0.273. The van der Waals surface area contributed by atoms with Crippen molar-refractivity contribution in [2.24, 2.45) is 0 Å². The van der Waals surface area contributed by atoms with Crippen LogP contribution in [0.3, 0.4) is 0 Å². The molecule has 4 nitrogen and oxygen atoms in total. The van der Waals surface area contributed by atoms with Gasteiger partial charge in [-0.2, -0.15) is 5.26 Å². The summed E-state index contributed by atoms with van der Waals surface area (Å²) in [4.78, 5) is 10.8. The lowest BCUT2D eigenvalue weighted by Gasteiger charge is -2.06. The number of halogens is 1. The molecule has 1 aromatic rings. The van der Waals surface area contributed by atoms with Crippen LogP contribution in [-0.4, -0.2) is 19.7 Å². The third kappa shape index (κ3) is 3.24. The van der Waals surface area contributed by atoms with Gasteiger partial charge in [0, 0.05) is 0 Å². The van der Waals surface area contributed by atoms with E-state index in [0.717, 1.165) is 6.07 Å². The molecule has 0 spiro atoms. The third-order valence-electron chi connectivity index (χ3n) is 1.85. The third-order valence-corrected chi connectivity index (χ3v) is 1.85. The number of carbonyl (C=O) groups excluding carboxylic acids is 1. The molecule has 5 heteroatoms. The standard InChI is InChI=1S/C11H10FNO3/c1-15-11(14)4-5-16-10-3-2-9(12)6-8(10)7-13/h2-3,6H,4-5H2,1H3. The topological polar surface area (TPSA) is 59.3 Å². The number of benzene rings is 1. The lowest BCUT2D eigenvalue weighted by atomic mass is 10.2. The summed E-state index contributed by atoms with van der Waals surface area (Å²) in [5.74, 6) is -0.648. The Hall–Kier alpha value is -2.09. The first kappa shape index (κ1) is 12.0. The summed E-state index contributed by atoms with van der Waals surface area (Å²) in [5, 5.41) is 8.71. The van der Waals surface area contributed by atoms with E-state index in [1.165, 1.54) is 19.2 Å². The number of ether oxygens (including phenoxy) is 2. The molecule has 0 bridgehead atoms. The van der Waals surface area contributed by atoms with Crippen LogP contribution in [0, 0.1) is 17.1 Å². The van der Waals surface area contributed by atoms with Gasteiger partial charge in [-0.05, 0) is 18.2 Å². The Morgan fingerprint density at radius 3 is 2.94 bits per heavy atom. The van der Waals surface area contributed by atoms with Gasteiger partial charge in [-0.25, -0.2) is 4.39 Å². The van der Waals surface area contributed by atoms with E-state index in [0.29, 0.717) is 0 Å². The highest BCUT2D eigenvalue weighted by Gasteiger charge is 2.06. The lowest BCUT2D eigenvalue weighted by molar-refractivity contribution is -0.141. The molecule has 0 saturated carbocycles. The number of methoxy groups -OCH3 is 1. The van der Waals surface area contributed by atoms with Crippen LogP contribution in [0.4, 0.5) is 4.39 Å². The molecule has 0 N–H and O–H groups in total. The first-order valence-electron chi connectivity index (χ1n) is 4.56. The van der Waals surface area contributed by atoms with E-state index in [2.05, 4.69) is 4.74 Å². The minimum Gasteiger partial charge on any atom is -0.492 e. The van der Waals surface area contributed by atoms with Crippen LogP contribution in [0.1, 0.15) is 12.0 Å². The number of nitrogens with zero attached hydrogens (tertiary/aromatic N) is 1. The van der Waals surface area contributed by atoms with Crippen LogP contribution in [-0.2, 0) is 9.53 Å². The molecule has 16 heavy (non-hydrogen) atoms. The first-order valence-corrected chi connectivity index (χ1v) is 4.56. The van der Waals surface area contributed by atoms with Crippen LogP contribution in [0.2, 0.25) is 0 Å². The number of hydrogen-bond donors (Lipinski definition) is 0. The average molecular weight is 223 g/mol. The molecule has 0 radical (unpaired) electrons. The van der Waals surface area contributed by atoms with Gasteiger partial charge in [-0.3, -0.25) is 4.79 Å². The molecule has 0 fully saturated rings. The van der Waals surface area contributed by atoms with Crippen LogP contribution < -0.4 is 4.74 Å². The summed E-state index contributed by atoms with van der Waals surface area (Å²) >= 11 is 0. The smallest absolute Gasteiger partial charge is 0.308 e. The molecule has 0 saturated heterocycles. The number of hydrogen-bond acceptors (Lipinski definition) is 4. The summed E-state index contributed by atoms with van der Waals surface area (Å²) in [7, 11) is 1.28. The molecule has 0 aliphatic rings. The van der Waals surface area contributed by atoms with Crippen molar-refractivity contribution in [3.8, 4) is 11.8 Å². The summed E-state index contributed by atoms with van der Waals surface area (Å²) in [5.41, 5.74) is 0.102. The van der Waals surface area contributed by atoms with E-state index in [4.69, 9.17) is 10.00 Å². The summed E-state index contributed by atoms with van der Waals surface area (Å²) in [6.07, 6.45) is 0.0821. The van der Waals surface area contributed by atoms with Gasteiger partial charge in [0.15, 0.2) is 0 Å². The highest BCUT2D eigenvalue weighted by Crippen LogP contribution is 2.18. The van der Waals surface area contributed by atoms with Crippen LogP contribution in [0.15, 0.2) is 18.2 Å².